The van der Waals surface area contributed by atoms with E-state index in [1.807, 2.05) is 6.92 Å². The predicted octanol–water partition coefficient (Wildman–Crippen LogP) is 1.84. The lowest BCUT2D eigenvalue weighted by molar-refractivity contribution is -0.403. The van der Waals surface area contributed by atoms with Crippen molar-refractivity contribution in [2.45, 2.75) is 127 Å². The van der Waals surface area contributed by atoms with Crippen molar-refractivity contribution in [2.75, 3.05) is 34.0 Å². The molecule has 0 spiro atoms. The van der Waals surface area contributed by atoms with Crippen LogP contribution < -0.4 is 0 Å². The minimum Gasteiger partial charge on any atom is -0.390 e. The molecule has 0 aromatic rings. The Hall–Kier alpha value is -0.960. The molecule has 6 aliphatic rings. The molecule has 0 aromatic heterocycles. The Morgan fingerprint density at radius 3 is 2.39 bits per heavy atom. The molecule has 0 bridgehead atoms. The molecule has 0 amide bonds. The van der Waals surface area contributed by atoms with E-state index in [2.05, 4.69) is 26.8 Å². The second-order valence-corrected chi connectivity index (χ2v) is 14.7. The summed E-state index contributed by atoms with van der Waals surface area (Å²) in [6.07, 6.45) is -3.13. The van der Waals surface area contributed by atoms with Crippen LogP contribution in [0.3, 0.4) is 0 Å². The Balaban J connectivity index is 1.36. The summed E-state index contributed by atoms with van der Waals surface area (Å²) in [6, 6.07) is 0. The lowest BCUT2D eigenvalue weighted by Crippen LogP contribution is -2.70. The highest BCUT2D eigenvalue weighted by Crippen LogP contribution is 2.56. The fraction of sp³-hybridized carbons (Fsp3) is 0.879. The maximum absolute atomic E-state index is 12.2. The van der Waals surface area contributed by atoms with Crippen molar-refractivity contribution in [3.8, 4) is 0 Å². The molecule has 14 atom stereocenters. The van der Waals surface area contributed by atoms with Gasteiger partial charge < -0.3 is 53.6 Å². The minimum absolute atomic E-state index is 0.0620. The molecule has 3 aliphatic carbocycles. The Morgan fingerprint density at radius 2 is 1.75 bits per heavy atom. The molecule has 14 unspecified atom stereocenters. The third-order valence-corrected chi connectivity index (χ3v) is 11.4. The summed E-state index contributed by atoms with van der Waals surface area (Å²) in [4.78, 5) is 0. The molecule has 0 radical (unpaired) electrons. The van der Waals surface area contributed by atoms with Crippen molar-refractivity contribution >= 4 is 0 Å². The van der Waals surface area contributed by atoms with Crippen molar-refractivity contribution in [3.63, 3.8) is 0 Å². The first-order valence-corrected chi connectivity index (χ1v) is 16.2. The zero-order valence-electron chi connectivity index (χ0n) is 27.1. The van der Waals surface area contributed by atoms with Gasteiger partial charge in [-0.15, -0.1) is 0 Å². The summed E-state index contributed by atoms with van der Waals surface area (Å²) in [5.41, 5.74) is 0.428. The van der Waals surface area contributed by atoms with Gasteiger partial charge in [0.15, 0.2) is 12.6 Å². The van der Waals surface area contributed by atoms with Gasteiger partial charge in [-0.1, -0.05) is 39.3 Å². The zero-order valence-corrected chi connectivity index (χ0v) is 27.1. The summed E-state index contributed by atoms with van der Waals surface area (Å²) in [6.45, 7) is 11.0. The van der Waals surface area contributed by atoms with Crippen LogP contribution in [0.2, 0.25) is 0 Å². The number of aliphatic hydroxyl groups excluding tert-OH is 3. The van der Waals surface area contributed by atoms with Crippen LogP contribution in [0.4, 0.5) is 0 Å². The third-order valence-electron chi connectivity index (χ3n) is 11.4. The first-order chi connectivity index (χ1) is 20.8. The number of hydrogen-bond donors (Lipinski definition) is 4. The highest BCUT2D eigenvalue weighted by Gasteiger charge is 2.62. The molecule has 11 heteroatoms. The smallest absolute Gasteiger partial charge is 0.187 e. The Kier molecular flexibility index (Phi) is 8.94. The summed E-state index contributed by atoms with van der Waals surface area (Å²) in [7, 11) is 3.16. The van der Waals surface area contributed by atoms with E-state index < -0.39 is 65.8 Å². The van der Waals surface area contributed by atoms with Gasteiger partial charge in [0.05, 0.1) is 25.9 Å². The molecule has 3 saturated heterocycles. The van der Waals surface area contributed by atoms with Gasteiger partial charge in [0.1, 0.15) is 47.8 Å². The Morgan fingerprint density at radius 1 is 1.02 bits per heavy atom. The highest BCUT2D eigenvalue weighted by atomic mass is 16.7. The number of rotatable bonds is 8. The standard InChI is InChI=1S/C33H52O11/c1-16(2)18-8-10-31(4)12-20-19(9-11-33(20,37)15-39-7)17(3)24(34)27(23(18)31)42-29-25(35)28-26(21(41-29)13-38-6)44-32(5,22-14-40-22)30(36)43-28/h12,16-17,19,21-22,24-30,34-37H,8-11,13-15H2,1-7H3. The van der Waals surface area contributed by atoms with E-state index in [0.29, 0.717) is 13.0 Å². The van der Waals surface area contributed by atoms with Crippen molar-refractivity contribution in [1.82, 2.24) is 0 Å². The van der Waals surface area contributed by atoms with Gasteiger partial charge in [0.2, 0.25) is 0 Å². The van der Waals surface area contributed by atoms with E-state index in [0.717, 1.165) is 30.4 Å². The lowest BCUT2D eigenvalue weighted by Gasteiger charge is -2.53. The maximum Gasteiger partial charge on any atom is 0.187 e. The van der Waals surface area contributed by atoms with Crippen LogP contribution in [-0.4, -0.2) is 121 Å². The largest absolute Gasteiger partial charge is 0.390 e. The number of epoxide rings is 1. The number of ether oxygens (including phenoxy) is 7. The van der Waals surface area contributed by atoms with E-state index in [9.17, 15) is 20.4 Å². The van der Waals surface area contributed by atoms with Gasteiger partial charge in [-0.25, -0.2) is 0 Å². The average molecular weight is 625 g/mol. The van der Waals surface area contributed by atoms with E-state index in [4.69, 9.17) is 33.2 Å². The number of aliphatic hydroxyl groups is 4. The second kappa shape index (κ2) is 11.9. The molecule has 250 valence electrons. The molecule has 11 nitrogen and oxygen atoms in total. The molecular formula is C33H52O11. The normalized spacial score (nSPS) is 50.5. The van der Waals surface area contributed by atoms with E-state index in [1.54, 1.807) is 21.1 Å². The maximum atomic E-state index is 12.2. The van der Waals surface area contributed by atoms with Crippen LogP contribution in [0.25, 0.3) is 0 Å². The van der Waals surface area contributed by atoms with Gasteiger partial charge in [0, 0.05) is 19.6 Å². The molecule has 3 aliphatic heterocycles. The zero-order chi connectivity index (χ0) is 31.8. The van der Waals surface area contributed by atoms with Crippen LogP contribution >= 0.6 is 0 Å². The topological polar surface area (TPSA) is 149 Å². The average Bonchev–Trinajstić information content (AvgIpc) is 3.71. The molecule has 1 saturated carbocycles. The number of methoxy groups -OCH3 is 2. The van der Waals surface area contributed by atoms with Gasteiger partial charge in [-0.3, -0.25) is 0 Å². The Bertz CT molecular complexity index is 1140. The first kappa shape index (κ1) is 33.0. The minimum atomic E-state index is -1.33. The number of hydrogen-bond acceptors (Lipinski definition) is 11. The van der Waals surface area contributed by atoms with Gasteiger partial charge in [-0.2, -0.15) is 0 Å². The van der Waals surface area contributed by atoms with E-state index in [1.165, 1.54) is 5.57 Å². The fourth-order valence-corrected chi connectivity index (χ4v) is 8.68. The summed E-state index contributed by atoms with van der Waals surface area (Å²) in [5, 5.41) is 46.5. The molecule has 0 aromatic carbocycles. The third kappa shape index (κ3) is 5.34. The van der Waals surface area contributed by atoms with Crippen LogP contribution in [0.15, 0.2) is 22.8 Å². The quantitative estimate of drug-likeness (QED) is 0.232. The van der Waals surface area contributed by atoms with Crippen molar-refractivity contribution < 1.29 is 53.6 Å². The van der Waals surface area contributed by atoms with Gasteiger partial charge >= 0.3 is 0 Å². The van der Waals surface area contributed by atoms with E-state index >= 15 is 0 Å². The monoisotopic (exact) mass is 624 g/mol. The van der Waals surface area contributed by atoms with Crippen molar-refractivity contribution in [3.05, 3.63) is 22.8 Å². The number of fused-ring (bicyclic) bond motifs is 3. The Labute approximate surface area is 260 Å². The van der Waals surface area contributed by atoms with Crippen LogP contribution in [0.1, 0.15) is 60.3 Å². The van der Waals surface area contributed by atoms with Gasteiger partial charge in [0.25, 0.3) is 0 Å². The molecule has 6 rings (SSSR count). The number of allylic oxidation sites excluding steroid dienone is 2. The molecule has 4 fully saturated rings. The van der Waals surface area contributed by atoms with E-state index in [-0.39, 0.29) is 37.1 Å². The van der Waals surface area contributed by atoms with Crippen LogP contribution in [0, 0.1) is 23.2 Å². The first-order valence-electron chi connectivity index (χ1n) is 16.2. The fourth-order valence-electron chi connectivity index (χ4n) is 8.68. The van der Waals surface area contributed by atoms with Crippen LogP contribution in [-0.2, 0) is 33.2 Å². The van der Waals surface area contributed by atoms with Crippen molar-refractivity contribution in [2.24, 2.45) is 23.2 Å². The van der Waals surface area contributed by atoms with Crippen molar-refractivity contribution in [1.29, 1.82) is 0 Å². The van der Waals surface area contributed by atoms with Gasteiger partial charge in [-0.05, 0) is 61.5 Å². The molecule has 4 N–H and O–H groups in total. The second-order valence-electron chi connectivity index (χ2n) is 14.7. The SMILES string of the molecule is COCC1OC(OC2C3=C(C(C)C)CCC3(C)C=C3C(CCC3(O)COC)C(C)C2O)C(O)C2OC(O)C(C)(C3CO3)OC12. The highest BCUT2D eigenvalue weighted by molar-refractivity contribution is 5.42. The molecular weight excluding hydrogens is 572 g/mol. The summed E-state index contributed by atoms with van der Waals surface area (Å²) >= 11 is 0. The molecule has 44 heavy (non-hydrogen) atoms. The molecule has 3 heterocycles. The lowest BCUT2D eigenvalue weighted by atomic mass is 9.68. The predicted molar refractivity (Wildman–Crippen MR) is 157 cm³/mol. The van der Waals surface area contributed by atoms with Crippen LogP contribution in [0.5, 0.6) is 0 Å². The summed E-state index contributed by atoms with van der Waals surface area (Å²) in [5.74, 6) is -0.124. The summed E-state index contributed by atoms with van der Waals surface area (Å²) < 4.78 is 41.9.